The molecule has 0 aliphatic heterocycles. The zero-order valence-electron chi connectivity index (χ0n) is 64.4. The third-order valence-corrected chi connectivity index (χ3v) is 20.2. The van der Waals surface area contributed by atoms with Gasteiger partial charge in [-0.2, -0.15) is 0 Å². The van der Waals surface area contributed by atoms with Crippen LogP contribution in [0.1, 0.15) is 402 Å². The van der Waals surface area contributed by atoms with Gasteiger partial charge >= 0.3 is 39.5 Å². The number of aliphatic hydroxyl groups excluding tert-OH is 1. The van der Waals surface area contributed by atoms with E-state index < -0.39 is 97.5 Å². The Labute approximate surface area is 600 Å². The highest BCUT2D eigenvalue weighted by Crippen LogP contribution is 2.45. The summed E-state index contributed by atoms with van der Waals surface area (Å²) in [6.45, 7) is 14.2. The average molecular weight is 1440 g/mol. The zero-order valence-corrected chi connectivity index (χ0v) is 66.2. The number of hydrogen-bond acceptors (Lipinski definition) is 15. The van der Waals surface area contributed by atoms with E-state index in [1.54, 1.807) is 0 Å². The molecule has 0 aliphatic rings. The lowest BCUT2D eigenvalue weighted by atomic mass is 10.0. The van der Waals surface area contributed by atoms with Crippen molar-refractivity contribution in [2.24, 2.45) is 23.7 Å². The van der Waals surface area contributed by atoms with Crippen molar-refractivity contribution < 1.29 is 80.2 Å². The number of phosphoric ester groups is 2. The van der Waals surface area contributed by atoms with E-state index in [2.05, 4.69) is 55.4 Å². The van der Waals surface area contributed by atoms with Gasteiger partial charge in [-0.15, -0.1) is 0 Å². The summed E-state index contributed by atoms with van der Waals surface area (Å²) in [5.74, 6) is 0.905. The van der Waals surface area contributed by atoms with Crippen molar-refractivity contribution in [1.29, 1.82) is 0 Å². The van der Waals surface area contributed by atoms with Gasteiger partial charge in [0.2, 0.25) is 0 Å². The van der Waals surface area contributed by atoms with E-state index >= 15 is 0 Å². The molecule has 0 saturated carbocycles. The SMILES string of the molecule is CC(C)CCCCCCCCCCCCCCCCCCCCC(=O)OC[C@H](COP(=O)(O)OC[C@@H](O)COP(=O)(O)OC[C@@H](COC(=O)CCCCCCCCC(C)C)OC(=O)CCCCCCCCCCCC(C)C)OC(=O)CCCCCCCCCCCCCCCC(C)C. The van der Waals surface area contributed by atoms with Gasteiger partial charge in [-0.25, -0.2) is 9.13 Å². The first-order chi connectivity index (χ1) is 47.1. The first-order valence-corrected chi connectivity index (χ1v) is 43.7. The van der Waals surface area contributed by atoms with Crippen molar-refractivity contribution in [3.05, 3.63) is 0 Å². The summed E-state index contributed by atoms with van der Waals surface area (Å²) in [6.07, 6.45) is 54.4. The summed E-state index contributed by atoms with van der Waals surface area (Å²) in [5, 5.41) is 10.6. The molecule has 0 saturated heterocycles. The number of carbonyl (C=O) groups excluding carboxylic acids is 4. The molecule has 0 fully saturated rings. The molecule has 0 amide bonds. The minimum Gasteiger partial charge on any atom is -0.462 e. The van der Waals surface area contributed by atoms with Crippen LogP contribution in [0.25, 0.3) is 0 Å². The zero-order chi connectivity index (χ0) is 72.4. The number of hydrogen-bond donors (Lipinski definition) is 3. The van der Waals surface area contributed by atoms with Gasteiger partial charge in [0.05, 0.1) is 26.4 Å². The maximum absolute atomic E-state index is 13.1. The highest BCUT2D eigenvalue weighted by molar-refractivity contribution is 7.47. The van der Waals surface area contributed by atoms with E-state index in [-0.39, 0.29) is 25.7 Å². The van der Waals surface area contributed by atoms with Gasteiger partial charge in [0.1, 0.15) is 19.3 Å². The number of esters is 4. The molecule has 0 spiro atoms. The molecule has 5 atom stereocenters. The third-order valence-electron chi connectivity index (χ3n) is 18.3. The Kier molecular flexibility index (Phi) is 66.8. The third kappa shape index (κ3) is 72.4. The van der Waals surface area contributed by atoms with Crippen LogP contribution in [0.5, 0.6) is 0 Å². The summed E-state index contributed by atoms with van der Waals surface area (Å²) >= 11 is 0. The smallest absolute Gasteiger partial charge is 0.462 e. The van der Waals surface area contributed by atoms with Crippen LogP contribution in [0.3, 0.4) is 0 Å². The van der Waals surface area contributed by atoms with E-state index in [1.165, 1.54) is 199 Å². The van der Waals surface area contributed by atoms with Crippen LogP contribution in [0.2, 0.25) is 0 Å². The van der Waals surface area contributed by atoms with E-state index in [0.717, 1.165) is 114 Å². The minimum atomic E-state index is -4.96. The Morgan fingerprint density at radius 3 is 0.633 bits per heavy atom. The van der Waals surface area contributed by atoms with Gasteiger partial charge < -0.3 is 33.8 Å². The molecule has 0 bridgehead atoms. The second-order valence-corrected chi connectivity index (χ2v) is 33.3. The van der Waals surface area contributed by atoms with Crippen LogP contribution in [0, 0.1) is 23.7 Å². The van der Waals surface area contributed by atoms with Crippen LogP contribution in [0.15, 0.2) is 0 Å². The number of carbonyl (C=O) groups is 4. The van der Waals surface area contributed by atoms with Gasteiger partial charge in [0.15, 0.2) is 12.2 Å². The molecule has 582 valence electrons. The molecule has 0 aromatic carbocycles. The molecule has 3 N–H and O–H groups in total. The maximum atomic E-state index is 13.1. The van der Waals surface area contributed by atoms with Crippen molar-refractivity contribution in [2.75, 3.05) is 39.6 Å². The van der Waals surface area contributed by atoms with Crippen molar-refractivity contribution in [3.63, 3.8) is 0 Å². The number of rotatable bonds is 76. The van der Waals surface area contributed by atoms with Crippen LogP contribution in [-0.2, 0) is 65.4 Å². The molecular weight excluding hydrogens is 1280 g/mol. The molecule has 0 aromatic rings. The van der Waals surface area contributed by atoms with Gasteiger partial charge in [-0.05, 0) is 49.4 Å². The van der Waals surface area contributed by atoms with Crippen LogP contribution >= 0.6 is 15.6 Å². The number of phosphoric acid groups is 2. The lowest BCUT2D eigenvalue weighted by Gasteiger charge is -2.21. The van der Waals surface area contributed by atoms with Crippen molar-refractivity contribution in [3.8, 4) is 0 Å². The second kappa shape index (κ2) is 68.2. The van der Waals surface area contributed by atoms with E-state index in [9.17, 15) is 43.2 Å². The number of ether oxygens (including phenoxy) is 4. The van der Waals surface area contributed by atoms with Crippen LogP contribution in [0.4, 0.5) is 0 Å². The Balaban J connectivity index is 5.19. The Hall–Kier alpha value is -1.94. The summed E-state index contributed by atoms with van der Waals surface area (Å²) in [4.78, 5) is 72.9. The molecule has 98 heavy (non-hydrogen) atoms. The fourth-order valence-electron chi connectivity index (χ4n) is 12.1. The maximum Gasteiger partial charge on any atom is 0.472 e. The van der Waals surface area contributed by atoms with Crippen LogP contribution in [-0.4, -0.2) is 96.7 Å². The topological polar surface area (TPSA) is 237 Å². The molecular formula is C79H154O17P2. The summed E-state index contributed by atoms with van der Waals surface area (Å²) in [5.41, 5.74) is 0. The average Bonchev–Trinajstić information content (AvgIpc) is 1.06. The van der Waals surface area contributed by atoms with Gasteiger partial charge in [-0.3, -0.25) is 37.3 Å². The lowest BCUT2D eigenvalue weighted by Crippen LogP contribution is -2.30. The first-order valence-electron chi connectivity index (χ1n) is 40.7. The van der Waals surface area contributed by atoms with Gasteiger partial charge in [0.25, 0.3) is 0 Å². The molecule has 2 unspecified atom stereocenters. The molecule has 17 nitrogen and oxygen atoms in total. The van der Waals surface area contributed by atoms with Crippen LogP contribution < -0.4 is 0 Å². The predicted molar refractivity (Wildman–Crippen MR) is 400 cm³/mol. The van der Waals surface area contributed by atoms with Crippen molar-refractivity contribution in [1.82, 2.24) is 0 Å². The number of aliphatic hydroxyl groups is 1. The minimum absolute atomic E-state index is 0.104. The first kappa shape index (κ1) is 96.1. The van der Waals surface area contributed by atoms with E-state index in [4.69, 9.17) is 37.0 Å². The predicted octanol–water partition coefficient (Wildman–Crippen LogP) is 23.2. The van der Waals surface area contributed by atoms with E-state index in [1.807, 2.05) is 0 Å². The fourth-order valence-corrected chi connectivity index (χ4v) is 13.7. The van der Waals surface area contributed by atoms with Crippen molar-refractivity contribution >= 4 is 39.5 Å². The quantitative estimate of drug-likeness (QED) is 0.0222. The summed E-state index contributed by atoms with van der Waals surface area (Å²) in [6, 6.07) is 0. The normalized spacial score (nSPS) is 14.1. The molecule has 0 aromatic heterocycles. The number of unbranched alkanes of at least 4 members (excludes halogenated alkanes) is 42. The Bertz CT molecular complexity index is 1920. The standard InChI is InChI=1S/C79H154O17P2/c1-69(2)55-47-39-31-25-20-16-13-11-9-10-12-14-18-22-28-34-43-51-59-76(81)89-65-74(95-78(83)61-53-45-35-29-23-19-15-17-21-26-32-40-48-56-70(3)4)67-93-97(85,86)91-63-73(80)64-92-98(87,88)94-68-75(66-90-77(82)60-52-44-38-37-42-50-58-72(7)8)96-79(84)62-54-46-36-30-24-27-33-41-49-57-71(5)6/h69-75,80H,9-68H2,1-8H3,(H,85,86)(H,87,88)/t73-,74-,75-/m1/s1. The largest absolute Gasteiger partial charge is 0.472 e. The van der Waals surface area contributed by atoms with Gasteiger partial charge in [0, 0.05) is 25.7 Å². The monoisotopic (exact) mass is 1440 g/mol. The molecule has 0 aliphatic carbocycles. The molecule has 19 heteroatoms. The second-order valence-electron chi connectivity index (χ2n) is 30.4. The van der Waals surface area contributed by atoms with Crippen molar-refractivity contribution in [2.45, 2.75) is 420 Å². The Morgan fingerprint density at radius 1 is 0.255 bits per heavy atom. The lowest BCUT2D eigenvalue weighted by molar-refractivity contribution is -0.161. The molecule has 0 rings (SSSR count). The molecule has 0 heterocycles. The molecule has 0 radical (unpaired) electrons. The Morgan fingerprint density at radius 2 is 0.429 bits per heavy atom. The summed E-state index contributed by atoms with van der Waals surface area (Å²) in [7, 11) is -9.92. The van der Waals surface area contributed by atoms with E-state index in [0.29, 0.717) is 31.6 Å². The van der Waals surface area contributed by atoms with Gasteiger partial charge in [-0.1, -0.05) is 351 Å². The highest BCUT2D eigenvalue weighted by Gasteiger charge is 2.30. The highest BCUT2D eigenvalue weighted by atomic mass is 31.2. The fraction of sp³-hybridized carbons (Fsp3) is 0.949. The summed E-state index contributed by atoms with van der Waals surface area (Å²) < 4.78 is 68.6.